The van der Waals surface area contributed by atoms with E-state index in [0.29, 0.717) is 27.5 Å². The number of aliphatic imine (C=N–C) groups is 1. The van der Waals surface area contributed by atoms with Gasteiger partial charge in [0.05, 0.1) is 5.25 Å². The van der Waals surface area contributed by atoms with Crippen LogP contribution in [-0.4, -0.2) is 21.3 Å². The fourth-order valence-electron chi connectivity index (χ4n) is 2.17. The molecule has 0 bridgehead atoms. The zero-order valence-electron chi connectivity index (χ0n) is 12.2. The Morgan fingerprint density at radius 3 is 2.87 bits per heavy atom. The Kier molecular flexibility index (Phi) is 4.90. The summed E-state index contributed by atoms with van der Waals surface area (Å²) in [7, 11) is 0. The number of amidine groups is 1. The summed E-state index contributed by atoms with van der Waals surface area (Å²) in [5.74, 6) is 0.505. The number of rotatable bonds is 3. The second-order valence-corrected chi connectivity index (χ2v) is 7.12. The maximum atomic E-state index is 12.1. The van der Waals surface area contributed by atoms with Crippen LogP contribution in [0.1, 0.15) is 11.3 Å². The van der Waals surface area contributed by atoms with Crippen molar-refractivity contribution in [3.8, 4) is 0 Å². The van der Waals surface area contributed by atoms with Gasteiger partial charge in [-0.05, 0) is 43.2 Å². The van der Waals surface area contributed by atoms with Gasteiger partial charge in [-0.3, -0.25) is 4.79 Å². The first-order valence-electron chi connectivity index (χ1n) is 6.95. The van der Waals surface area contributed by atoms with E-state index in [-0.39, 0.29) is 11.2 Å². The van der Waals surface area contributed by atoms with Crippen molar-refractivity contribution in [2.75, 3.05) is 0 Å². The molecular formula is C16H13Cl2N3OS. The Bertz CT molecular complexity index is 795. The Balaban J connectivity index is 1.75. The van der Waals surface area contributed by atoms with Crippen LogP contribution in [0.3, 0.4) is 0 Å². The monoisotopic (exact) mass is 365 g/mol. The lowest BCUT2D eigenvalue weighted by atomic mass is 10.1. The Morgan fingerprint density at radius 1 is 1.30 bits per heavy atom. The van der Waals surface area contributed by atoms with Crippen molar-refractivity contribution in [2.24, 2.45) is 4.99 Å². The summed E-state index contributed by atoms with van der Waals surface area (Å²) in [6.07, 6.45) is 0.521. The number of hydrogen-bond acceptors (Lipinski definition) is 4. The van der Waals surface area contributed by atoms with Gasteiger partial charge >= 0.3 is 0 Å². The third-order valence-corrected chi connectivity index (χ3v) is 4.96. The molecule has 2 heterocycles. The first-order valence-corrected chi connectivity index (χ1v) is 8.58. The van der Waals surface area contributed by atoms with E-state index < -0.39 is 0 Å². The highest BCUT2D eigenvalue weighted by Crippen LogP contribution is 2.29. The molecule has 0 saturated carbocycles. The number of carbonyl (C=O) groups excluding carboxylic acids is 1. The molecule has 1 aromatic heterocycles. The molecule has 1 saturated heterocycles. The van der Waals surface area contributed by atoms with Gasteiger partial charge in [0, 0.05) is 15.7 Å². The molecular weight excluding hydrogens is 353 g/mol. The van der Waals surface area contributed by atoms with Crippen LogP contribution in [0.4, 0.5) is 5.82 Å². The summed E-state index contributed by atoms with van der Waals surface area (Å²) >= 11 is 13.5. The van der Waals surface area contributed by atoms with Crippen molar-refractivity contribution < 1.29 is 4.79 Å². The second kappa shape index (κ2) is 6.91. The van der Waals surface area contributed by atoms with Gasteiger partial charge in [0.2, 0.25) is 5.91 Å². The predicted octanol–water partition coefficient (Wildman–Crippen LogP) is 4.16. The topological polar surface area (TPSA) is 54.4 Å². The van der Waals surface area contributed by atoms with E-state index in [2.05, 4.69) is 15.3 Å². The lowest BCUT2D eigenvalue weighted by Gasteiger charge is -2.07. The number of amides is 1. The van der Waals surface area contributed by atoms with Crippen molar-refractivity contribution in [2.45, 2.75) is 18.6 Å². The molecule has 1 aliphatic heterocycles. The lowest BCUT2D eigenvalue weighted by molar-refractivity contribution is -0.118. The van der Waals surface area contributed by atoms with Gasteiger partial charge in [0.15, 0.2) is 11.0 Å². The maximum absolute atomic E-state index is 12.1. The van der Waals surface area contributed by atoms with E-state index in [1.807, 2.05) is 25.1 Å². The van der Waals surface area contributed by atoms with E-state index in [1.54, 1.807) is 18.2 Å². The standard InChI is InChI=1S/C16H13Cl2N3OS/c1-9-3-2-4-14(19-9)20-16-21-15(22)13(23-16)7-10-5-6-11(17)8-12(10)18/h2-6,8,13H,7H2,1H3,(H,19,20,21,22)/t13-/m0/s1. The van der Waals surface area contributed by atoms with Gasteiger partial charge in [0.25, 0.3) is 0 Å². The van der Waals surface area contributed by atoms with Crippen LogP contribution in [0, 0.1) is 6.92 Å². The van der Waals surface area contributed by atoms with Gasteiger partial charge in [-0.2, -0.15) is 0 Å². The van der Waals surface area contributed by atoms with E-state index >= 15 is 0 Å². The molecule has 1 atom stereocenters. The summed E-state index contributed by atoms with van der Waals surface area (Å²) in [6, 6.07) is 10.9. The van der Waals surface area contributed by atoms with Gasteiger partial charge in [-0.1, -0.05) is 47.1 Å². The molecule has 23 heavy (non-hydrogen) atoms. The van der Waals surface area contributed by atoms with Crippen LogP contribution in [0.2, 0.25) is 10.0 Å². The molecule has 1 aliphatic rings. The first kappa shape index (κ1) is 16.3. The maximum Gasteiger partial charge on any atom is 0.239 e. The number of pyridine rings is 1. The summed E-state index contributed by atoms with van der Waals surface area (Å²) in [4.78, 5) is 20.8. The van der Waals surface area contributed by atoms with Gasteiger partial charge in [0.1, 0.15) is 0 Å². The molecule has 3 rings (SSSR count). The minimum Gasteiger partial charge on any atom is -0.304 e. The molecule has 0 spiro atoms. The number of thioether (sulfide) groups is 1. The zero-order chi connectivity index (χ0) is 16.4. The molecule has 0 unspecified atom stereocenters. The van der Waals surface area contributed by atoms with Crippen LogP contribution >= 0.6 is 35.0 Å². The van der Waals surface area contributed by atoms with E-state index in [4.69, 9.17) is 23.2 Å². The zero-order valence-corrected chi connectivity index (χ0v) is 14.5. The molecule has 1 aromatic carbocycles. The Morgan fingerprint density at radius 2 is 2.13 bits per heavy atom. The van der Waals surface area contributed by atoms with Crippen molar-refractivity contribution >= 4 is 51.9 Å². The van der Waals surface area contributed by atoms with E-state index in [1.165, 1.54) is 11.8 Å². The smallest absolute Gasteiger partial charge is 0.239 e. The predicted molar refractivity (Wildman–Crippen MR) is 95.8 cm³/mol. The highest BCUT2D eigenvalue weighted by Gasteiger charge is 2.30. The molecule has 7 heteroatoms. The number of carbonyl (C=O) groups is 1. The van der Waals surface area contributed by atoms with Crippen LogP contribution in [0.15, 0.2) is 41.4 Å². The number of benzene rings is 1. The second-order valence-electron chi connectivity index (χ2n) is 5.09. The largest absolute Gasteiger partial charge is 0.304 e. The summed E-state index contributed by atoms with van der Waals surface area (Å²) in [5, 5.41) is 4.23. The highest BCUT2D eigenvalue weighted by atomic mass is 35.5. The van der Waals surface area contributed by atoms with Crippen LogP contribution in [0.5, 0.6) is 0 Å². The van der Waals surface area contributed by atoms with Crippen molar-refractivity contribution in [1.82, 2.24) is 10.3 Å². The minimum atomic E-state index is -0.266. The molecule has 0 aliphatic carbocycles. The number of nitrogens with zero attached hydrogens (tertiary/aromatic N) is 2. The normalized spacial score (nSPS) is 19.2. The third-order valence-electron chi connectivity index (χ3n) is 3.29. The molecule has 118 valence electrons. The van der Waals surface area contributed by atoms with Gasteiger partial charge in [-0.25, -0.2) is 9.98 Å². The molecule has 1 N–H and O–H groups in total. The number of hydrogen-bond donors (Lipinski definition) is 1. The van der Waals surface area contributed by atoms with Gasteiger partial charge in [-0.15, -0.1) is 0 Å². The van der Waals surface area contributed by atoms with Crippen LogP contribution in [0.25, 0.3) is 0 Å². The highest BCUT2D eigenvalue weighted by molar-refractivity contribution is 8.15. The summed E-state index contributed by atoms with van der Waals surface area (Å²) < 4.78 is 0. The molecule has 1 fully saturated rings. The molecule has 2 aromatic rings. The van der Waals surface area contributed by atoms with E-state index in [9.17, 15) is 4.79 Å². The Hall–Kier alpha value is -1.56. The lowest BCUT2D eigenvalue weighted by Crippen LogP contribution is -2.26. The molecule has 0 radical (unpaired) electrons. The fourth-order valence-corrected chi connectivity index (χ4v) is 3.66. The number of nitrogens with one attached hydrogen (secondary N) is 1. The van der Waals surface area contributed by atoms with Crippen LogP contribution in [-0.2, 0) is 11.2 Å². The van der Waals surface area contributed by atoms with Crippen molar-refractivity contribution in [3.05, 3.63) is 57.7 Å². The minimum absolute atomic E-state index is 0.0765. The molecule has 4 nitrogen and oxygen atoms in total. The van der Waals surface area contributed by atoms with Crippen molar-refractivity contribution in [1.29, 1.82) is 0 Å². The molecule has 1 amide bonds. The number of aromatic nitrogens is 1. The van der Waals surface area contributed by atoms with Gasteiger partial charge < -0.3 is 5.32 Å². The fraction of sp³-hybridized carbons (Fsp3) is 0.188. The SMILES string of the molecule is Cc1cccc(N=C2NC(=O)[C@H](Cc3ccc(Cl)cc3Cl)S2)n1. The average molecular weight is 366 g/mol. The summed E-state index contributed by atoms with van der Waals surface area (Å²) in [6.45, 7) is 1.90. The van der Waals surface area contributed by atoms with E-state index in [0.717, 1.165) is 11.3 Å². The summed E-state index contributed by atoms with van der Waals surface area (Å²) in [5.41, 5.74) is 1.77. The third kappa shape index (κ3) is 4.05. The Labute approximate surface area is 148 Å². The van der Waals surface area contributed by atoms with Crippen molar-refractivity contribution in [3.63, 3.8) is 0 Å². The quantitative estimate of drug-likeness (QED) is 0.888. The van der Waals surface area contributed by atoms with Crippen LogP contribution < -0.4 is 5.32 Å². The number of aryl methyl sites for hydroxylation is 1. The first-order chi connectivity index (χ1) is 11.0. The average Bonchev–Trinajstić information content (AvgIpc) is 2.82. The number of halogens is 2.